The predicted octanol–water partition coefficient (Wildman–Crippen LogP) is 3.94. The minimum atomic E-state index is -3.64. The van der Waals surface area contributed by atoms with Crippen molar-refractivity contribution in [1.29, 1.82) is 0 Å². The average Bonchev–Trinajstić information content (AvgIpc) is 2.74. The smallest absolute Gasteiger partial charge is 0.257 e. The molecular weight excluding hydrogens is 430 g/mol. The van der Waals surface area contributed by atoms with Gasteiger partial charge >= 0.3 is 0 Å². The highest BCUT2D eigenvalue weighted by atomic mass is 32.2. The second-order valence-corrected chi connectivity index (χ2v) is 9.50. The number of aryl methyl sites for hydroxylation is 1. The molecule has 6 nitrogen and oxygen atoms in total. The van der Waals surface area contributed by atoms with E-state index >= 15 is 0 Å². The van der Waals surface area contributed by atoms with Crippen LogP contribution >= 0.6 is 12.2 Å². The van der Waals surface area contributed by atoms with Gasteiger partial charge in [-0.3, -0.25) is 10.1 Å². The van der Waals surface area contributed by atoms with Crippen molar-refractivity contribution in [2.75, 3.05) is 12.4 Å². The molecule has 0 aliphatic heterocycles. The molecule has 0 radical (unpaired) electrons. The third-order valence-electron chi connectivity index (χ3n) is 4.58. The summed E-state index contributed by atoms with van der Waals surface area (Å²) >= 11 is 5.20. The zero-order chi connectivity index (χ0) is 22.4. The van der Waals surface area contributed by atoms with E-state index in [-0.39, 0.29) is 22.5 Å². The van der Waals surface area contributed by atoms with Gasteiger partial charge in [-0.05, 0) is 61.1 Å². The molecule has 0 aromatic heterocycles. The van der Waals surface area contributed by atoms with Crippen LogP contribution in [0.4, 0.5) is 5.69 Å². The molecule has 0 atom stereocenters. The van der Waals surface area contributed by atoms with Crippen LogP contribution in [0.25, 0.3) is 0 Å². The molecule has 31 heavy (non-hydrogen) atoms. The van der Waals surface area contributed by atoms with Gasteiger partial charge in [-0.1, -0.05) is 48.0 Å². The van der Waals surface area contributed by atoms with Gasteiger partial charge in [-0.25, -0.2) is 8.42 Å². The fourth-order valence-electron chi connectivity index (χ4n) is 2.94. The highest BCUT2D eigenvalue weighted by Crippen LogP contribution is 2.19. The van der Waals surface area contributed by atoms with E-state index in [4.69, 9.17) is 12.2 Å². The molecule has 0 fully saturated rings. The summed E-state index contributed by atoms with van der Waals surface area (Å²) in [6, 6.07) is 22.8. The summed E-state index contributed by atoms with van der Waals surface area (Å²) in [6.07, 6.45) is 0. The van der Waals surface area contributed by atoms with Gasteiger partial charge in [0.2, 0.25) is 10.0 Å². The zero-order valence-corrected chi connectivity index (χ0v) is 18.8. The molecule has 0 heterocycles. The third kappa shape index (κ3) is 5.97. The Morgan fingerprint density at radius 1 is 0.968 bits per heavy atom. The van der Waals surface area contributed by atoms with Crippen LogP contribution in [0.2, 0.25) is 0 Å². The van der Waals surface area contributed by atoms with Gasteiger partial charge in [-0.15, -0.1) is 0 Å². The molecule has 0 saturated heterocycles. The summed E-state index contributed by atoms with van der Waals surface area (Å²) < 4.78 is 26.9. The lowest BCUT2D eigenvalue weighted by molar-refractivity contribution is 0.0977. The largest absolute Gasteiger partial charge is 0.332 e. The van der Waals surface area contributed by atoms with E-state index in [1.54, 1.807) is 37.4 Å². The Hall–Kier alpha value is -3.07. The molecule has 0 spiro atoms. The average molecular weight is 454 g/mol. The van der Waals surface area contributed by atoms with Crippen LogP contribution in [0.1, 0.15) is 21.5 Å². The number of anilines is 1. The first-order valence-electron chi connectivity index (χ1n) is 9.55. The van der Waals surface area contributed by atoms with Gasteiger partial charge in [0.25, 0.3) is 5.91 Å². The number of amides is 1. The van der Waals surface area contributed by atoms with Crippen LogP contribution in [-0.4, -0.2) is 30.8 Å². The molecule has 1 amide bonds. The molecule has 3 aromatic rings. The first-order chi connectivity index (χ1) is 14.8. The minimum Gasteiger partial charge on any atom is -0.332 e. The van der Waals surface area contributed by atoms with E-state index < -0.39 is 10.0 Å². The Bertz CT molecular complexity index is 1180. The first kappa shape index (κ1) is 22.6. The molecule has 3 aromatic carbocycles. The fraction of sp³-hybridized carbons (Fsp3) is 0.130. The van der Waals surface area contributed by atoms with E-state index in [1.165, 1.54) is 16.4 Å². The predicted molar refractivity (Wildman–Crippen MR) is 126 cm³/mol. The van der Waals surface area contributed by atoms with Gasteiger partial charge < -0.3 is 5.32 Å². The van der Waals surface area contributed by atoms with Gasteiger partial charge in [0, 0.05) is 24.8 Å². The Morgan fingerprint density at radius 3 is 2.29 bits per heavy atom. The summed E-state index contributed by atoms with van der Waals surface area (Å²) in [4.78, 5) is 12.5. The maximum atomic E-state index is 12.8. The van der Waals surface area contributed by atoms with Crippen molar-refractivity contribution < 1.29 is 13.2 Å². The van der Waals surface area contributed by atoms with Crippen LogP contribution in [0, 0.1) is 6.92 Å². The molecule has 0 unspecified atom stereocenters. The van der Waals surface area contributed by atoms with Gasteiger partial charge in [-0.2, -0.15) is 4.31 Å². The maximum Gasteiger partial charge on any atom is 0.257 e. The molecule has 0 aliphatic rings. The highest BCUT2D eigenvalue weighted by Gasteiger charge is 2.20. The molecule has 160 valence electrons. The number of hydrogen-bond donors (Lipinski definition) is 2. The standard InChI is InChI=1S/C23H23N3O3S2/c1-17-7-6-10-19(15-17)22(27)25-23(30)24-20-11-13-21(14-12-20)31(28,29)26(2)16-18-8-4-3-5-9-18/h3-15H,16H2,1-2H3,(H2,24,25,27,30). The number of nitrogens with zero attached hydrogens (tertiary/aromatic N) is 1. The summed E-state index contributed by atoms with van der Waals surface area (Å²) in [7, 11) is -2.09. The van der Waals surface area contributed by atoms with Crippen LogP contribution < -0.4 is 10.6 Å². The highest BCUT2D eigenvalue weighted by molar-refractivity contribution is 7.89. The lowest BCUT2D eigenvalue weighted by Gasteiger charge is -2.17. The number of benzene rings is 3. The van der Waals surface area contributed by atoms with Crippen molar-refractivity contribution in [2.24, 2.45) is 0 Å². The molecule has 3 rings (SSSR count). The van der Waals surface area contributed by atoms with E-state index in [1.807, 2.05) is 43.3 Å². The molecular formula is C23H23N3O3S2. The monoisotopic (exact) mass is 453 g/mol. The molecule has 8 heteroatoms. The summed E-state index contributed by atoms with van der Waals surface area (Å²) in [5, 5.41) is 5.64. The van der Waals surface area contributed by atoms with E-state index in [9.17, 15) is 13.2 Å². The molecule has 0 aliphatic carbocycles. The lowest BCUT2D eigenvalue weighted by atomic mass is 10.1. The number of nitrogens with one attached hydrogen (secondary N) is 2. The molecule has 0 saturated carbocycles. The normalized spacial score (nSPS) is 11.2. The lowest BCUT2D eigenvalue weighted by Crippen LogP contribution is -2.34. The van der Waals surface area contributed by atoms with Crippen LogP contribution in [0.5, 0.6) is 0 Å². The summed E-state index contributed by atoms with van der Waals surface area (Å²) in [5.41, 5.74) is 2.95. The van der Waals surface area contributed by atoms with Gasteiger partial charge in [0.1, 0.15) is 0 Å². The van der Waals surface area contributed by atoms with Gasteiger partial charge in [0.05, 0.1) is 4.90 Å². The van der Waals surface area contributed by atoms with Crippen LogP contribution in [-0.2, 0) is 16.6 Å². The quantitative estimate of drug-likeness (QED) is 0.553. The SMILES string of the molecule is Cc1cccc(C(=O)NC(=S)Nc2ccc(S(=O)(=O)N(C)Cc3ccccc3)cc2)c1. The molecule has 2 N–H and O–H groups in total. The Morgan fingerprint density at radius 2 is 1.65 bits per heavy atom. The van der Waals surface area contributed by atoms with E-state index in [0.29, 0.717) is 11.3 Å². The number of carbonyl (C=O) groups excluding carboxylic acids is 1. The second kappa shape index (κ2) is 9.82. The second-order valence-electron chi connectivity index (χ2n) is 7.05. The van der Waals surface area contributed by atoms with Crippen molar-refractivity contribution in [3.63, 3.8) is 0 Å². The Kier molecular flexibility index (Phi) is 7.17. The first-order valence-corrected chi connectivity index (χ1v) is 11.4. The molecule has 0 bridgehead atoms. The summed E-state index contributed by atoms with van der Waals surface area (Å²) in [5.74, 6) is -0.317. The van der Waals surface area contributed by atoms with Crippen molar-refractivity contribution in [2.45, 2.75) is 18.4 Å². The number of sulfonamides is 1. The maximum absolute atomic E-state index is 12.8. The fourth-order valence-corrected chi connectivity index (χ4v) is 4.31. The number of thiocarbonyl (C=S) groups is 1. The van der Waals surface area contributed by atoms with Crippen molar-refractivity contribution >= 4 is 38.9 Å². The van der Waals surface area contributed by atoms with Crippen molar-refractivity contribution in [3.8, 4) is 0 Å². The number of carbonyl (C=O) groups is 1. The number of rotatable bonds is 6. The Labute approximate surface area is 188 Å². The third-order valence-corrected chi connectivity index (χ3v) is 6.60. The van der Waals surface area contributed by atoms with Gasteiger partial charge in [0.15, 0.2) is 5.11 Å². The van der Waals surface area contributed by atoms with Crippen molar-refractivity contribution in [1.82, 2.24) is 9.62 Å². The van der Waals surface area contributed by atoms with E-state index in [0.717, 1.165) is 11.1 Å². The number of hydrogen-bond acceptors (Lipinski definition) is 4. The Balaban J connectivity index is 1.62. The van der Waals surface area contributed by atoms with Crippen LogP contribution in [0.15, 0.2) is 83.8 Å². The summed E-state index contributed by atoms with van der Waals surface area (Å²) in [6.45, 7) is 2.18. The topological polar surface area (TPSA) is 78.5 Å². The minimum absolute atomic E-state index is 0.128. The van der Waals surface area contributed by atoms with Crippen LogP contribution in [0.3, 0.4) is 0 Å². The van der Waals surface area contributed by atoms with E-state index in [2.05, 4.69) is 10.6 Å². The zero-order valence-electron chi connectivity index (χ0n) is 17.2. The van der Waals surface area contributed by atoms with Crippen molar-refractivity contribution in [3.05, 3.63) is 95.6 Å².